The summed E-state index contributed by atoms with van der Waals surface area (Å²) in [6.45, 7) is 1.90. The number of anilines is 1. The highest BCUT2D eigenvalue weighted by Gasteiger charge is 2.40. The van der Waals surface area contributed by atoms with Gasteiger partial charge in [-0.1, -0.05) is 36.4 Å². The average molecular weight is 363 g/mol. The molecule has 5 nitrogen and oxygen atoms in total. The molecule has 2 aliphatic rings. The van der Waals surface area contributed by atoms with Gasteiger partial charge in [0.25, 0.3) is 0 Å². The Morgan fingerprint density at radius 1 is 1.11 bits per heavy atom. The lowest BCUT2D eigenvalue weighted by Gasteiger charge is -2.39. The summed E-state index contributed by atoms with van der Waals surface area (Å²) in [4.78, 5) is 23.8. The molecule has 138 valence electrons. The van der Waals surface area contributed by atoms with Crippen LogP contribution in [0.2, 0.25) is 0 Å². The molecule has 27 heavy (non-hydrogen) atoms. The van der Waals surface area contributed by atoms with E-state index in [4.69, 9.17) is 4.74 Å². The lowest BCUT2D eigenvalue weighted by atomic mass is 9.75. The maximum atomic E-state index is 12.1. The first-order valence-corrected chi connectivity index (χ1v) is 9.00. The summed E-state index contributed by atoms with van der Waals surface area (Å²) in [5.41, 5.74) is 4.48. The van der Waals surface area contributed by atoms with Crippen LogP contribution in [0.5, 0.6) is 0 Å². The molecule has 2 aromatic carbocycles. The maximum Gasteiger partial charge on any atom is 0.338 e. The number of hydrogen-bond acceptors (Lipinski definition) is 4. The van der Waals surface area contributed by atoms with Gasteiger partial charge >= 0.3 is 11.9 Å². The second-order valence-electron chi connectivity index (χ2n) is 7.06. The number of carboxylic acid groups (broad SMARTS) is 1. The van der Waals surface area contributed by atoms with E-state index in [1.165, 1.54) is 7.11 Å². The number of aromatic carboxylic acids is 1. The van der Waals surface area contributed by atoms with Crippen LogP contribution in [0.15, 0.2) is 48.6 Å². The molecule has 0 spiro atoms. The molecule has 1 aliphatic carbocycles. The number of fused-ring (bicyclic) bond motifs is 3. The molecule has 0 saturated heterocycles. The van der Waals surface area contributed by atoms with E-state index in [0.29, 0.717) is 11.1 Å². The Hall–Kier alpha value is -3.08. The van der Waals surface area contributed by atoms with Crippen molar-refractivity contribution in [2.24, 2.45) is 5.92 Å². The number of nitrogens with one attached hydrogen (secondary N) is 1. The highest BCUT2D eigenvalue weighted by atomic mass is 16.5. The second kappa shape index (κ2) is 6.58. The fourth-order valence-corrected chi connectivity index (χ4v) is 4.42. The fraction of sp³-hybridized carbons (Fsp3) is 0.273. The number of allylic oxidation sites excluding steroid dienone is 2. The van der Waals surface area contributed by atoms with E-state index in [1.54, 1.807) is 12.1 Å². The third-order valence-corrected chi connectivity index (χ3v) is 5.73. The van der Waals surface area contributed by atoms with Crippen LogP contribution in [0.4, 0.5) is 5.69 Å². The number of methoxy groups -OCH3 is 1. The topological polar surface area (TPSA) is 75.6 Å². The van der Waals surface area contributed by atoms with Crippen LogP contribution < -0.4 is 5.32 Å². The largest absolute Gasteiger partial charge is 0.478 e. The minimum Gasteiger partial charge on any atom is -0.478 e. The van der Waals surface area contributed by atoms with Gasteiger partial charge in [-0.25, -0.2) is 9.59 Å². The Bertz CT molecular complexity index is 963. The van der Waals surface area contributed by atoms with Crippen LogP contribution in [0.25, 0.3) is 0 Å². The third-order valence-electron chi connectivity index (χ3n) is 5.73. The Morgan fingerprint density at radius 3 is 2.63 bits per heavy atom. The standard InChI is InChI=1S/C22H21NO4/c1-12-13(22(26)27-2)10-11-17-14-8-5-9-15(14)20(23-19(12)17)16-6-3-4-7-18(16)21(24)25/h3-8,10-11,14-15,20,23H,9H2,1-2H3,(H,24,25)/t14-,15+,20+/m1/s1. The number of benzene rings is 2. The van der Waals surface area contributed by atoms with Gasteiger partial charge in [-0.3, -0.25) is 0 Å². The normalized spacial score (nSPS) is 22.5. The smallest absolute Gasteiger partial charge is 0.338 e. The molecule has 0 saturated carbocycles. The number of ether oxygens (including phenoxy) is 1. The van der Waals surface area contributed by atoms with Crippen LogP contribution in [0, 0.1) is 12.8 Å². The number of rotatable bonds is 3. The van der Waals surface area contributed by atoms with Crippen LogP contribution in [0.3, 0.4) is 0 Å². The molecular weight excluding hydrogens is 342 g/mol. The molecule has 2 aromatic rings. The van der Waals surface area contributed by atoms with Crippen molar-refractivity contribution >= 4 is 17.6 Å². The van der Waals surface area contributed by atoms with Crippen LogP contribution in [-0.4, -0.2) is 24.2 Å². The van der Waals surface area contributed by atoms with Crippen molar-refractivity contribution in [1.29, 1.82) is 0 Å². The van der Waals surface area contributed by atoms with Crippen molar-refractivity contribution in [3.8, 4) is 0 Å². The van der Waals surface area contributed by atoms with Gasteiger partial charge in [0.05, 0.1) is 24.3 Å². The van der Waals surface area contributed by atoms with Gasteiger partial charge in [0.15, 0.2) is 0 Å². The Balaban J connectivity index is 1.86. The molecule has 0 fully saturated rings. The Morgan fingerprint density at radius 2 is 1.89 bits per heavy atom. The zero-order valence-electron chi connectivity index (χ0n) is 15.2. The first-order chi connectivity index (χ1) is 13.0. The van der Waals surface area contributed by atoms with Crippen molar-refractivity contribution in [2.75, 3.05) is 12.4 Å². The van der Waals surface area contributed by atoms with E-state index in [-0.39, 0.29) is 23.8 Å². The van der Waals surface area contributed by atoms with Gasteiger partial charge in [-0.2, -0.15) is 0 Å². The molecule has 1 heterocycles. The maximum absolute atomic E-state index is 12.1. The van der Waals surface area contributed by atoms with Crippen molar-refractivity contribution in [2.45, 2.75) is 25.3 Å². The quantitative estimate of drug-likeness (QED) is 0.628. The molecule has 0 radical (unpaired) electrons. The molecule has 1 aliphatic heterocycles. The summed E-state index contributed by atoms with van der Waals surface area (Å²) in [5.74, 6) is -0.871. The number of hydrogen-bond donors (Lipinski definition) is 2. The lowest BCUT2D eigenvalue weighted by Crippen LogP contribution is -2.31. The summed E-state index contributed by atoms with van der Waals surface area (Å²) in [5, 5.41) is 13.2. The van der Waals surface area contributed by atoms with Crippen molar-refractivity contribution < 1.29 is 19.4 Å². The molecule has 5 heteroatoms. The second-order valence-corrected chi connectivity index (χ2v) is 7.06. The first-order valence-electron chi connectivity index (χ1n) is 9.00. The minimum absolute atomic E-state index is 0.142. The average Bonchev–Trinajstić information content (AvgIpc) is 3.17. The van der Waals surface area contributed by atoms with Gasteiger partial charge in [0, 0.05) is 11.6 Å². The van der Waals surface area contributed by atoms with E-state index in [2.05, 4.69) is 17.5 Å². The fourth-order valence-electron chi connectivity index (χ4n) is 4.42. The predicted octanol–water partition coefficient (Wildman–Crippen LogP) is 4.31. The lowest BCUT2D eigenvalue weighted by molar-refractivity contribution is 0.0599. The molecule has 0 aromatic heterocycles. The number of carboxylic acids is 1. The highest BCUT2D eigenvalue weighted by molar-refractivity contribution is 5.94. The molecule has 0 amide bonds. The summed E-state index contributed by atoms with van der Waals surface area (Å²) < 4.78 is 4.90. The van der Waals surface area contributed by atoms with E-state index < -0.39 is 5.97 Å². The predicted molar refractivity (Wildman–Crippen MR) is 102 cm³/mol. The summed E-state index contributed by atoms with van der Waals surface area (Å²) in [7, 11) is 1.37. The molecule has 0 bridgehead atoms. The van der Waals surface area contributed by atoms with Crippen LogP contribution in [-0.2, 0) is 4.74 Å². The number of esters is 1. The zero-order chi connectivity index (χ0) is 19.1. The van der Waals surface area contributed by atoms with Crippen molar-refractivity contribution in [3.05, 3.63) is 76.4 Å². The van der Waals surface area contributed by atoms with Crippen molar-refractivity contribution in [3.63, 3.8) is 0 Å². The summed E-state index contributed by atoms with van der Waals surface area (Å²) in [6, 6.07) is 10.8. The summed E-state index contributed by atoms with van der Waals surface area (Å²) >= 11 is 0. The molecule has 0 unspecified atom stereocenters. The minimum atomic E-state index is -0.930. The Labute approximate surface area is 157 Å². The SMILES string of the molecule is COC(=O)c1ccc2c(c1C)N[C@H](c1ccccc1C(=O)O)[C@H]1CC=C[C@@H]21. The van der Waals surface area contributed by atoms with Gasteiger partial charge in [0.1, 0.15) is 0 Å². The first kappa shape index (κ1) is 17.3. The number of carbonyl (C=O) groups excluding carboxylic acids is 1. The Kier molecular flexibility index (Phi) is 4.22. The highest BCUT2D eigenvalue weighted by Crippen LogP contribution is 2.51. The number of carbonyl (C=O) groups is 2. The monoisotopic (exact) mass is 363 g/mol. The van der Waals surface area contributed by atoms with Crippen LogP contribution >= 0.6 is 0 Å². The molecule has 3 atom stereocenters. The van der Waals surface area contributed by atoms with Gasteiger partial charge in [0.2, 0.25) is 0 Å². The van der Waals surface area contributed by atoms with Crippen molar-refractivity contribution in [1.82, 2.24) is 0 Å². The zero-order valence-corrected chi connectivity index (χ0v) is 15.2. The summed E-state index contributed by atoms with van der Waals surface area (Å²) in [6.07, 6.45) is 5.23. The molecule has 4 rings (SSSR count). The molecule has 2 N–H and O–H groups in total. The van der Waals surface area contributed by atoms with Gasteiger partial charge in [-0.05, 0) is 48.1 Å². The van der Waals surface area contributed by atoms with E-state index in [9.17, 15) is 14.7 Å². The van der Waals surface area contributed by atoms with E-state index in [1.807, 2.05) is 31.2 Å². The van der Waals surface area contributed by atoms with Gasteiger partial charge in [-0.15, -0.1) is 0 Å². The molecular formula is C22H21NO4. The van der Waals surface area contributed by atoms with Gasteiger partial charge < -0.3 is 15.2 Å². The van der Waals surface area contributed by atoms with Crippen LogP contribution in [0.1, 0.15) is 55.8 Å². The van der Waals surface area contributed by atoms with E-state index in [0.717, 1.165) is 28.8 Å². The third kappa shape index (κ3) is 2.70. The van der Waals surface area contributed by atoms with E-state index >= 15 is 0 Å².